The maximum absolute atomic E-state index is 11.9. The van der Waals surface area contributed by atoms with E-state index in [1.54, 1.807) is 0 Å². The highest BCUT2D eigenvalue weighted by molar-refractivity contribution is 7.89. The molecule has 0 aromatic carbocycles. The van der Waals surface area contributed by atoms with Gasteiger partial charge < -0.3 is 5.32 Å². The summed E-state index contributed by atoms with van der Waals surface area (Å²) in [5.74, 6) is 0.986. The summed E-state index contributed by atoms with van der Waals surface area (Å²) in [6, 6.07) is 0.166. The van der Waals surface area contributed by atoms with Crippen molar-refractivity contribution >= 4 is 10.0 Å². The molecule has 1 saturated carbocycles. The highest BCUT2D eigenvalue weighted by atomic mass is 32.2. The number of rotatable bonds is 7. The van der Waals surface area contributed by atoms with E-state index in [9.17, 15) is 8.42 Å². The lowest BCUT2D eigenvalue weighted by Gasteiger charge is -2.16. The maximum atomic E-state index is 11.9. The van der Waals surface area contributed by atoms with E-state index >= 15 is 0 Å². The molecule has 0 aromatic heterocycles. The fourth-order valence-electron chi connectivity index (χ4n) is 2.48. The van der Waals surface area contributed by atoms with Gasteiger partial charge in [0.2, 0.25) is 10.0 Å². The van der Waals surface area contributed by atoms with Crippen molar-refractivity contribution in [3.05, 3.63) is 0 Å². The second kappa shape index (κ2) is 8.12. The van der Waals surface area contributed by atoms with Gasteiger partial charge in [-0.15, -0.1) is 0 Å². The van der Waals surface area contributed by atoms with Crippen LogP contribution in [-0.4, -0.2) is 33.3 Å². The number of hydrogen-bond donors (Lipinski definition) is 2. The van der Waals surface area contributed by atoms with E-state index in [-0.39, 0.29) is 11.8 Å². The first-order valence-electron chi connectivity index (χ1n) is 7.24. The molecule has 108 valence electrons. The smallest absolute Gasteiger partial charge is 0.211 e. The predicted octanol–water partition coefficient (Wildman–Crippen LogP) is 1.87. The van der Waals surface area contributed by atoms with Crippen LogP contribution < -0.4 is 10.0 Å². The fraction of sp³-hybridized carbons (Fsp3) is 1.00. The number of nitrogens with one attached hydrogen (secondary N) is 2. The fourth-order valence-corrected chi connectivity index (χ4v) is 3.87. The Kier molecular flexibility index (Phi) is 7.19. The molecule has 0 bridgehead atoms. The first-order valence-corrected chi connectivity index (χ1v) is 8.89. The van der Waals surface area contributed by atoms with Crippen LogP contribution in [0, 0.1) is 5.92 Å². The van der Waals surface area contributed by atoms with Crippen LogP contribution in [0.3, 0.4) is 0 Å². The van der Waals surface area contributed by atoms with Gasteiger partial charge in [0.25, 0.3) is 0 Å². The minimum atomic E-state index is -3.09. The molecule has 1 fully saturated rings. The summed E-state index contributed by atoms with van der Waals surface area (Å²) in [7, 11) is -3.09. The summed E-state index contributed by atoms with van der Waals surface area (Å²) in [6.45, 7) is 5.96. The topological polar surface area (TPSA) is 58.2 Å². The Labute approximate surface area is 112 Å². The summed E-state index contributed by atoms with van der Waals surface area (Å²) in [4.78, 5) is 0. The van der Waals surface area contributed by atoms with Crippen LogP contribution in [0.15, 0.2) is 0 Å². The van der Waals surface area contributed by atoms with E-state index in [1.807, 2.05) is 6.92 Å². The van der Waals surface area contributed by atoms with Crippen LogP contribution in [0.2, 0.25) is 0 Å². The van der Waals surface area contributed by atoms with Crippen LogP contribution in [0.25, 0.3) is 0 Å². The predicted molar refractivity (Wildman–Crippen MR) is 76.1 cm³/mol. The van der Waals surface area contributed by atoms with E-state index in [1.165, 1.54) is 6.42 Å². The third-order valence-corrected chi connectivity index (χ3v) is 5.14. The van der Waals surface area contributed by atoms with Gasteiger partial charge in [0.1, 0.15) is 0 Å². The van der Waals surface area contributed by atoms with Crippen molar-refractivity contribution in [2.45, 2.75) is 58.4 Å². The zero-order chi connectivity index (χ0) is 13.4. The van der Waals surface area contributed by atoms with Crippen molar-refractivity contribution in [3.8, 4) is 0 Å². The van der Waals surface area contributed by atoms with Crippen molar-refractivity contribution in [2.24, 2.45) is 5.92 Å². The van der Waals surface area contributed by atoms with Crippen LogP contribution in [0.5, 0.6) is 0 Å². The molecule has 0 radical (unpaired) electrons. The van der Waals surface area contributed by atoms with Gasteiger partial charge in [0.15, 0.2) is 0 Å². The maximum Gasteiger partial charge on any atom is 0.211 e. The largest absolute Gasteiger partial charge is 0.317 e. The van der Waals surface area contributed by atoms with Gasteiger partial charge in [-0.2, -0.15) is 0 Å². The van der Waals surface area contributed by atoms with Crippen molar-refractivity contribution in [2.75, 3.05) is 18.8 Å². The van der Waals surface area contributed by atoms with E-state index in [4.69, 9.17) is 0 Å². The molecule has 0 heterocycles. The van der Waals surface area contributed by atoms with Gasteiger partial charge in [0.05, 0.1) is 5.75 Å². The zero-order valence-corrected chi connectivity index (χ0v) is 12.6. The molecule has 0 aromatic rings. The van der Waals surface area contributed by atoms with E-state index in [0.717, 1.165) is 44.7 Å². The van der Waals surface area contributed by atoms with Crippen molar-refractivity contribution in [1.29, 1.82) is 0 Å². The van der Waals surface area contributed by atoms with Gasteiger partial charge in [0, 0.05) is 6.04 Å². The Morgan fingerprint density at radius 2 is 1.94 bits per heavy atom. The highest BCUT2D eigenvalue weighted by Crippen LogP contribution is 2.22. The van der Waals surface area contributed by atoms with Gasteiger partial charge in [-0.1, -0.05) is 26.7 Å². The molecule has 1 aliphatic rings. The van der Waals surface area contributed by atoms with E-state index in [0.29, 0.717) is 6.42 Å². The quantitative estimate of drug-likeness (QED) is 0.551. The summed E-state index contributed by atoms with van der Waals surface area (Å²) in [5, 5.41) is 3.15. The second-order valence-electron chi connectivity index (χ2n) is 5.45. The molecule has 4 nitrogen and oxygen atoms in total. The van der Waals surface area contributed by atoms with Gasteiger partial charge in [-0.25, -0.2) is 13.1 Å². The normalized spacial score (nSPS) is 25.9. The zero-order valence-electron chi connectivity index (χ0n) is 11.7. The summed E-state index contributed by atoms with van der Waals surface area (Å²) < 4.78 is 26.7. The lowest BCUT2D eigenvalue weighted by molar-refractivity contribution is 0.484. The van der Waals surface area contributed by atoms with Gasteiger partial charge >= 0.3 is 0 Å². The lowest BCUT2D eigenvalue weighted by Crippen LogP contribution is -2.36. The minimum absolute atomic E-state index is 0.166. The van der Waals surface area contributed by atoms with E-state index in [2.05, 4.69) is 17.0 Å². The Morgan fingerprint density at radius 3 is 2.67 bits per heavy atom. The molecule has 0 aliphatic heterocycles. The molecule has 0 amide bonds. The van der Waals surface area contributed by atoms with Crippen molar-refractivity contribution in [3.63, 3.8) is 0 Å². The number of hydrogen-bond acceptors (Lipinski definition) is 3. The molecule has 18 heavy (non-hydrogen) atoms. The first kappa shape index (κ1) is 15.9. The molecule has 2 unspecified atom stereocenters. The molecular weight excluding hydrogens is 248 g/mol. The SMILES string of the molecule is CCNCCCS(=O)(=O)NC1CCCC(C)CC1. The van der Waals surface area contributed by atoms with Crippen LogP contribution in [0.4, 0.5) is 0 Å². The lowest BCUT2D eigenvalue weighted by atomic mass is 10.0. The third-order valence-electron chi connectivity index (χ3n) is 3.62. The van der Waals surface area contributed by atoms with Crippen molar-refractivity contribution < 1.29 is 8.42 Å². The third kappa shape index (κ3) is 6.71. The standard InChI is InChI=1S/C13H28N2O2S/c1-3-14-10-5-11-18(16,17)15-13-7-4-6-12(2)8-9-13/h12-15H,3-11H2,1-2H3. The molecule has 5 heteroatoms. The van der Waals surface area contributed by atoms with E-state index < -0.39 is 10.0 Å². The summed E-state index contributed by atoms with van der Waals surface area (Å²) in [6.07, 6.45) is 6.20. The molecule has 1 rings (SSSR count). The van der Waals surface area contributed by atoms with Crippen molar-refractivity contribution in [1.82, 2.24) is 10.0 Å². The first-order chi connectivity index (χ1) is 8.53. The molecule has 0 spiro atoms. The van der Waals surface area contributed by atoms with Crippen LogP contribution >= 0.6 is 0 Å². The molecule has 1 aliphatic carbocycles. The Hall–Kier alpha value is -0.130. The minimum Gasteiger partial charge on any atom is -0.317 e. The number of sulfonamides is 1. The monoisotopic (exact) mass is 276 g/mol. The van der Waals surface area contributed by atoms with Crippen LogP contribution in [0.1, 0.15) is 52.4 Å². The van der Waals surface area contributed by atoms with Crippen LogP contribution in [-0.2, 0) is 10.0 Å². The molecule has 2 atom stereocenters. The average Bonchev–Trinajstić information content (AvgIpc) is 2.50. The molecule has 2 N–H and O–H groups in total. The van der Waals surface area contributed by atoms with Gasteiger partial charge in [-0.3, -0.25) is 0 Å². The summed E-state index contributed by atoms with van der Waals surface area (Å²) in [5.41, 5.74) is 0. The Morgan fingerprint density at radius 1 is 1.17 bits per heavy atom. The summed E-state index contributed by atoms with van der Waals surface area (Å²) >= 11 is 0. The average molecular weight is 276 g/mol. The Bertz CT molecular complexity index is 317. The van der Waals surface area contributed by atoms with Gasteiger partial charge in [-0.05, 0) is 44.7 Å². The highest BCUT2D eigenvalue weighted by Gasteiger charge is 2.20. The second-order valence-corrected chi connectivity index (χ2v) is 7.33. The Balaban J connectivity index is 2.30. The molecule has 0 saturated heterocycles. The molecular formula is C13H28N2O2S.